The number of hydrogen-bond donors (Lipinski definition) is 0. The molecule has 8 aromatic rings. The highest BCUT2D eigenvalue weighted by Crippen LogP contribution is 2.46. The predicted molar refractivity (Wildman–Crippen MR) is 154 cm³/mol. The number of benzene rings is 6. The van der Waals surface area contributed by atoms with E-state index in [1.54, 1.807) is 0 Å². The van der Waals surface area contributed by atoms with Gasteiger partial charge in [0.25, 0.3) is 0 Å². The molecule has 4 heteroatoms. The van der Waals surface area contributed by atoms with Crippen LogP contribution in [0.5, 0.6) is 11.5 Å². The molecule has 0 unspecified atom stereocenters. The number of rotatable bonds is 1. The van der Waals surface area contributed by atoms with E-state index in [4.69, 9.17) is 14.7 Å². The summed E-state index contributed by atoms with van der Waals surface area (Å²) in [5.41, 5.74) is 4.97. The second-order valence-electron chi connectivity index (χ2n) is 9.79. The first-order valence-corrected chi connectivity index (χ1v) is 12.8. The SMILES string of the molecule is c1ccc2c(c1)Oc1cccc3nc(-n4c5ccccc5c5c6ccccc6c6ccccc6c54)nc-2c13. The molecular weight excluding hydrogens is 466 g/mol. The van der Waals surface area contributed by atoms with Crippen LogP contribution in [0.3, 0.4) is 0 Å². The van der Waals surface area contributed by atoms with Gasteiger partial charge < -0.3 is 4.74 Å². The minimum atomic E-state index is 0.660. The third kappa shape index (κ3) is 2.49. The van der Waals surface area contributed by atoms with Gasteiger partial charge in [0.1, 0.15) is 11.5 Å². The molecule has 6 aromatic carbocycles. The fourth-order valence-corrected chi connectivity index (χ4v) is 6.22. The topological polar surface area (TPSA) is 39.9 Å². The van der Waals surface area contributed by atoms with E-state index in [1.165, 1.54) is 32.3 Å². The monoisotopic (exact) mass is 485 g/mol. The molecule has 2 aromatic heterocycles. The highest BCUT2D eigenvalue weighted by molar-refractivity contribution is 6.32. The summed E-state index contributed by atoms with van der Waals surface area (Å²) >= 11 is 0. The average molecular weight is 486 g/mol. The Hall–Kier alpha value is -5.22. The summed E-state index contributed by atoms with van der Waals surface area (Å²) in [6.07, 6.45) is 0. The number of nitrogens with zero attached hydrogens (tertiary/aromatic N) is 3. The van der Waals surface area contributed by atoms with Gasteiger partial charge in [0.2, 0.25) is 5.95 Å². The second kappa shape index (κ2) is 7.17. The van der Waals surface area contributed by atoms with Crippen LogP contribution >= 0.6 is 0 Å². The van der Waals surface area contributed by atoms with Crippen molar-refractivity contribution in [1.29, 1.82) is 0 Å². The summed E-state index contributed by atoms with van der Waals surface area (Å²) in [5, 5.41) is 8.27. The summed E-state index contributed by atoms with van der Waals surface area (Å²) in [7, 11) is 0. The lowest BCUT2D eigenvalue weighted by molar-refractivity contribution is 0.486. The Labute approximate surface area is 217 Å². The zero-order valence-electron chi connectivity index (χ0n) is 20.2. The molecule has 0 radical (unpaired) electrons. The maximum atomic E-state index is 6.24. The van der Waals surface area contributed by atoms with Crippen molar-refractivity contribution in [1.82, 2.24) is 14.5 Å². The number of hydrogen-bond acceptors (Lipinski definition) is 3. The molecule has 0 N–H and O–H groups in total. The van der Waals surface area contributed by atoms with Crippen LogP contribution in [-0.4, -0.2) is 14.5 Å². The van der Waals surface area contributed by atoms with Gasteiger partial charge in [0.15, 0.2) is 0 Å². The van der Waals surface area contributed by atoms with Crippen LogP contribution in [0.4, 0.5) is 0 Å². The summed E-state index contributed by atoms with van der Waals surface area (Å²) in [4.78, 5) is 10.4. The fraction of sp³-hybridized carbons (Fsp3) is 0. The Bertz CT molecular complexity index is 2280. The van der Waals surface area contributed by atoms with Gasteiger partial charge >= 0.3 is 0 Å². The predicted octanol–water partition coefficient (Wildman–Crippen LogP) is 8.81. The lowest BCUT2D eigenvalue weighted by Crippen LogP contribution is -2.06. The zero-order chi connectivity index (χ0) is 24.8. The Morgan fingerprint density at radius 3 is 2.03 bits per heavy atom. The Morgan fingerprint density at radius 1 is 0.500 bits per heavy atom. The van der Waals surface area contributed by atoms with Gasteiger partial charge in [-0.05, 0) is 46.5 Å². The minimum Gasteiger partial charge on any atom is -0.456 e. The second-order valence-corrected chi connectivity index (χ2v) is 9.79. The molecule has 9 rings (SSSR count). The molecule has 0 amide bonds. The van der Waals surface area contributed by atoms with Crippen molar-refractivity contribution in [2.75, 3.05) is 0 Å². The van der Waals surface area contributed by atoms with Gasteiger partial charge in [-0.15, -0.1) is 0 Å². The molecule has 1 aliphatic rings. The number of fused-ring (bicyclic) bond motifs is 10. The Morgan fingerprint density at radius 2 is 1.16 bits per heavy atom. The largest absolute Gasteiger partial charge is 0.456 e. The molecule has 0 bridgehead atoms. The summed E-state index contributed by atoms with van der Waals surface area (Å²) in [6.45, 7) is 0. The van der Waals surface area contributed by atoms with Crippen molar-refractivity contribution < 1.29 is 4.74 Å². The van der Waals surface area contributed by atoms with Gasteiger partial charge in [0, 0.05) is 21.7 Å². The van der Waals surface area contributed by atoms with Crippen LogP contribution < -0.4 is 4.74 Å². The molecule has 4 nitrogen and oxygen atoms in total. The molecule has 3 heterocycles. The van der Waals surface area contributed by atoms with E-state index < -0.39 is 0 Å². The Kier molecular flexibility index (Phi) is 3.76. The maximum Gasteiger partial charge on any atom is 0.235 e. The Balaban J connectivity index is 1.52. The number of ether oxygens (including phenoxy) is 1. The smallest absolute Gasteiger partial charge is 0.235 e. The summed E-state index contributed by atoms with van der Waals surface area (Å²) in [5.74, 6) is 2.27. The van der Waals surface area contributed by atoms with E-state index in [2.05, 4.69) is 83.4 Å². The van der Waals surface area contributed by atoms with Crippen molar-refractivity contribution in [2.24, 2.45) is 0 Å². The quantitative estimate of drug-likeness (QED) is 0.218. The van der Waals surface area contributed by atoms with E-state index in [-0.39, 0.29) is 0 Å². The first-order valence-electron chi connectivity index (χ1n) is 12.8. The van der Waals surface area contributed by atoms with Crippen molar-refractivity contribution in [3.05, 3.63) is 115 Å². The van der Waals surface area contributed by atoms with Crippen molar-refractivity contribution in [2.45, 2.75) is 0 Å². The van der Waals surface area contributed by atoms with Gasteiger partial charge in [-0.1, -0.05) is 84.9 Å². The highest BCUT2D eigenvalue weighted by atomic mass is 16.5. The van der Waals surface area contributed by atoms with E-state index in [9.17, 15) is 0 Å². The molecule has 0 saturated heterocycles. The van der Waals surface area contributed by atoms with Crippen LogP contribution in [0.2, 0.25) is 0 Å². The lowest BCUT2D eigenvalue weighted by atomic mass is 9.97. The number of para-hydroxylation sites is 2. The normalized spacial score (nSPS) is 12.4. The molecule has 0 aliphatic carbocycles. The van der Waals surface area contributed by atoms with Gasteiger partial charge in [-0.3, -0.25) is 4.57 Å². The molecule has 0 spiro atoms. The van der Waals surface area contributed by atoms with Crippen LogP contribution in [-0.2, 0) is 0 Å². The third-order valence-electron chi connectivity index (χ3n) is 7.78. The van der Waals surface area contributed by atoms with Crippen molar-refractivity contribution in [3.63, 3.8) is 0 Å². The molecule has 176 valence electrons. The van der Waals surface area contributed by atoms with E-state index in [0.29, 0.717) is 5.95 Å². The standard InChI is InChI=1S/C34H19N3O/c1-3-12-22-20(10-1)21-11-2-4-13-23(21)33-30(22)24-14-5-7-17-27(24)37(33)34-35-26-16-9-19-29-31(26)32(36-34)25-15-6-8-18-28(25)38-29/h1-19H. The molecule has 0 fully saturated rings. The number of aromatic nitrogens is 3. The van der Waals surface area contributed by atoms with Crippen molar-refractivity contribution >= 4 is 54.3 Å². The van der Waals surface area contributed by atoms with Crippen LogP contribution in [0.25, 0.3) is 71.5 Å². The molecule has 0 saturated carbocycles. The van der Waals surface area contributed by atoms with Gasteiger partial charge in [-0.25, -0.2) is 9.97 Å². The molecule has 38 heavy (non-hydrogen) atoms. The molecule has 0 atom stereocenters. The van der Waals surface area contributed by atoms with E-state index >= 15 is 0 Å². The van der Waals surface area contributed by atoms with E-state index in [1.807, 2.05) is 36.4 Å². The molecule has 1 aliphatic heterocycles. The fourth-order valence-electron chi connectivity index (χ4n) is 6.22. The minimum absolute atomic E-state index is 0.660. The van der Waals surface area contributed by atoms with Gasteiger partial charge in [0.05, 0.1) is 27.6 Å². The average Bonchev–Trinajstić information content (AvgIpc) is 3.33. The third-order valence-corrected chi connectivity index (χ3v) is 7.78. The van der Waals surface area contributed by atoms with Crippen molar-refractivity contribution in [3.8, 4) is 28.7 Å². The first-order chi connectivity index (χ1) is 18.9. The molecular formula is C34H19N3O. The lowest BCUT2D eigenvalue weighted by Gasteiger charge is -2.21. The van der Waals surface area contributed by atoms with Crippen LogP contribution in [0.1, 0.15) is 0 Å². The first kappa shape index (κ1) is 19.9. The van der Waals surface area contributed by atoms with Gasteiger partial charge in [-0.2, -0.15) is 0 Å². The van der Waals surface area contributed by atoms with E-state index in [0.717, 1.165) is 44.7 Å². The summed E-state index contributed by atoms with van der Waals surface area (Å²) in [6, 6.07) is 40.1. The maximum absolute atomic E-state index is 6.24. The summed E-state index contributed by atoms with van der Waals surface area (Å²) < 4.78 is 8.49. The highest BCUT2D eigenvalue weighted by Gasteiger charge is 2.25. The van der Waals surface area contributed by atoms with Crippen LogP contribution in [0.15, 0.2) is 115 Å². The van der Waals surface area contributed by atoms with Crippen LogP contribution in [0, 0.1) is 0 Å². The zero-order valence-corrected chi connectivity index (χ0v) is 20.2.